The number of ether oxygens (including phenoxy) is 4. The predicted octanol–water partition coefficient (Wildman–Crippen LogP) is 7.82. The number of hydrogen-bond donors (Lipinski definition) is 1. The van der Waals surface area contributed by atoms with Gasteiger partial charge in [-0.2, -0.15) is 0 Å². The van der Waals surface area contributed by atoms with Crippen LogP contribution in [0.1, 0.15) is 27.8 Å². The number of carboxylic acids is 1. The smallest absolute Gasteiger partial charge is 0.345 e. The Bertz CT molecular complexity index is 1650. The summed E-state index contributed by atoms with van der Waals surface area (Å²) in [4.78, 5) is 13.2. The molecule has 6 rings (SSSR count). The van der Waals surface area contributed by atoms with Crippen LogP contribution in [0.15, 0.2) is 140 Å². The van der Waals surface area contributed by atoms with E-state index in [-0.39, 0.29) is 26.4 Å². The Morgan fingerprint density at radius 3 is 1.52 bits per heavy atom. The molecule has 0 spiro atoms. The second-order valence-corrected chi connectivity index (χ2v) is 10.4. The lowest BCUT2D eigenvalue weighted by molar-refractivity contribution is -0.156. The highest BCUT2D eigenvalue weighted by molar-refractivity contribution is 5.98. The Hall–Kier alpha value is -5.33. The Labute approximate surface area is 256 Å². The number of hydrogen-bond acceptors (Lipinski definition) is 5. The van der Waals surface area contributed by atoms with E-state index >= 15 is 0 Å². The average Bonchev–Trinajstić information content (AvgIpc) is 3.54. The molecule has 0 fully saturated rings. The van der Waals surface area contributed by atoms with E-state index in [1.54, 1.807) is 12.1 Å². The molecule has 6 heteroatoms. The molecule has 1 heterocycles. The van der Waals surface area contributed by atoms with E-state index in [1.807, 2.05) is 127 Å². The van der Waals surface area contributed by atoms with Gasteiger partial charge in [0.25, 0.3) is 0 Å². The third-order valence-corrected chi connectivity index (χ3v) is 7.48. The third-order valence-electron chi connectivity index (χ3n) is 7.48. The van der Waals surface area contributed by atoms with E-state index in [2.05, 4.69) is 0 Å². The van der Waals surface area contributed by atoms with E-state index in [9.17, 15) is 9.90 Å². The minimum atomic E-state index is -1.78. The van der Waals surface area contributed by atoms with Crippen LogP contribution in [-0.2, 0) is 35.0 Å². The van der Waals surface area contributed by atoms with E-state index in [0.29, 0.717) is 28.4 Å². The van der Waals surface area contributed by atoms with Gasteiger partial charge in [0.05, 0.1) is 6.61 Å². The average molecular weight is 585 g/mol. The van der Waals surface area contributed by atoms with Crippen LogP contribution in [0.5, 0.6) is 17.2 Å². The number of carbonyl (C=O) groups is 1. The highest BCUT2D eigenvalue weighted by Crippen LogP contribution is 2.49. The first-order chi connectivity index (χ1) is 21.6. The van der Waals surface area contributed by atoms with E-state index in [4.69, 9.17) is 18.9 Å². The fraction of sp³-hybridized carbons (Fsp3) is 0.132. The molecule has 1 atom stereocenters. The van der Waals surface area contributed by atoms with E-state index in [0.717, 1.165) is 22.3 Å². The molecular formula is C38H32O6. The fourth-order valence-electron chi connectivity index (χ4n) is 5.29. The Morgan fingerprint density at radius 1 is 0.636 bits per heavy atom. The standard InChI is InChI=1S/C38H32O6/c39-37(40)38(33(21-22-44-38)31-19-11-4-12-20-31)32-23-34(41-25-28-13-5-1-6-14-28)36(43-27-30-17-9-3-10-18-30)35(24-32)42-26-29-15-7-2-8-16-29/h1-21,23-24H,22,25-27H2,(H,39,40). The van der Waals surface area contributed by atoms with Crippen molar-refractivity contribution >= 4 is 11.5 Å². The van der Waals surface area contributed by atoms with Crippen LogP contribution in [-0.4, -0.2) is 17.7 Å². The summed E-state index contributed by atoms with van der Waals surface area (Å²) < 4.78 is 25.3. The molecule has 0 aromatic heterocycles. The Morgan fingerprint density at radius 2 is 1.07 bits per heavy atom. The molecule has 1 aliphatic heterocycles. The maximum absolute atomic E-state index is 13.2. The zero-order valence-electron chi connectivity index (χ0n) is 24.1. The lowest BCUT2D eigenvalue weighted by Gasteiger charge is -2.30. The number of rotatable bonds is 12. The summed E-state index contributed by atoms with van der Waals surface area (Å²) in [5.74, 6) is -0.0397. The van der Waals surface area contributed by atoms with Crippen LogP contribution < -0.4 is 14.2 Å². The second kappa shape index (κ2) is 13.3. The zero-order chi connectivity index (χ0) is 30.2. The molecule has 6 nitrogen and oxygen atoms in total. The van der Waals surface area contributed by atoms with Crippen molar-refractivity contribution in [3.05, 3.63) is 167 Å². The van der Waals surface area contributed by atoms with Gasteiger partial charge < -0.3 is 24.1 Å². The van der Waals surface area contributed by atoms with Crippen molar-refractivity contribution in [3.8, 4) is 17.2 Å². The van der Waals surface area contributed by atoms with Gasteiger partial charge in [0.1, 0.15) is 19.8 Å². The molecule has 0 saturated carbocycles. The molecule has 1 aliphatic rings. The minimum absolute atomic E-state index is 0.142. The Kier molecular flexibility index (Phi) is 8.71. The predicted molar refractivity (Wildman–Crippen MR) is 168 cm³/mol. The van der Waals surface area contributed by atoms with Gasteiger partial charge in [0.2, 0.25) is 11.4 Å². The van der Waals surface area contributed by atoms with Crippen LogP contribution in [0, 0.1) is 0 Å². The molecule has 220 valence electrons. The van der Waals surface area contributed by atoms with Crippen LogP contribution >= 0.6 is 0 Å². The molecule has 0 amide bonds. The van der Waals surface area contributed by atoms with Gasteiger partial charge in [0, 0.05) is 11.1 Å². The maximum atomic E-state index is 13.2. The largest absolute Gasteiger partial charge is 0.485 e. The Balaban J connectivity index is 1.47. The number of benzene rings is 5. The summed E-state index contributed by atoms with van der Waals surface area (Å²) in [6.07, 6.45) is 1.82. The molecular weight excluding hydrogens is 552 g/mol. The first-order valence-electron chi connectivity index (χ1n) is 14.5. The van der Waals surface area contributed by atoms with Crippen molar-refractivity contribution in [1.82, 2.24) is 0 Å². The molecule has 44 heavy (non-hydrogen) atoms. The maximum Gasteiger partial charge on any atom is 0.345 e. The van der Waals surface area contributed by atoms with Crippen molar-refractivity contribution in [1.29, 1.82) is 0 Å². The quantitative estimate of drug-likeness (QED) is 0.161. The number of carboxylic acid groups (broad SMARTS) is 1. The summed E-state index contributed by atoms with van der Waals surface area (Å²) >= 11 is 0. The van der Waals surface area contributed by atoms with Crippen molar-refractivity contribution in [2.24, 2.45) is 0 Å². The van der Waals surface area contributed by atoms with E-state index in [1.165, 1.54) is 0 Å². The molecule has 1 unspecified atom stereocenters. The summed E-state index contributed by atoms with van der Waals surface area (Å²) in [6, 6.07) is 42.2. The summed E-state index contributed by atoms with van der Waals surface area (Å²) in [5, 5.41) is 10.8. The van der Waals surface area contributed by atoms with Crippen molar-refractivity contribution in [3.63, 3.8) is 0 Å². The topological polar surface area (TPSA) is 74.2 Å². The molecule has 1 N–H and O–H groups in total. The molecule has 5 aromatic rings. The van der Waals surface area contributed by atoms with Crippen LogP contribution in [0.25, 0.3) is 5.57 Å². The third kappa shape index (κ3) is 6.21. The first kappa shape index (κ1) is 28.8. The normalized spacial score (nSPS) is 15.8. The summed E-state index contributed by atoms with van der Waals surface area (Å²) in [5.41, 5.74) is 2.77. The second-order valence-electron chi connectivity index (χ2n) is 10.4. The van der Waals surface area contributed by atoms with Gasteiger partial charge in [-0.25, -0.2) is 4.79 Å². The van der Waals surface area contributed by atoms with Crippen LogP contribution in [0.3, 0.4) is 0 Å². The van der Waals surface area contributed by atoms with Crippen molar-refractivity contribution < 1.29 is 28.8 Å². The van der Waals surface area contributed by atoms with Gasteiger partial charge in [0.15, 0.2) is 11.5 Å². The highest BCUT2D eigenvalue weighted by atomic mass is 16.5. The fourth-order valence-corrected chi connectivity index (χ4v) is 5.29. The van der Waals surface area contributed by atoms with Gasteiger partial charge in [-0.05, 0) is 34.4 Å². The van der Waals surface area contributed by atoms with Gasteiger partial charge in [-0.3, -0.25) is 0 Å². The minimum Gasteiger partial charge on any atom is -0.485 e. The van der Waals surface area contributed by atoms with E-state index < -0.39 is 11.6 Å². The van der Waals surface area contributed by atoms with Crippen molar-refractivity contribution in [2.75, 3.05) is 6.61 Å². The van der Waals surface area contributed by atoms with Crippen molar-refractivity contribution in [2.45, 2.75) is 25.4 Å². The molecule has 0 saturated heterocycles. The van der Waals surface area contributed by atoms with Crippen LogP contribution in [0.4, 0.5) is 0 Å². The van der Waals surface area contributed by atoms with Crippen LogP contribution in [0.2, 0.25) is 0 Å². The number of aliphatic carboxylic acids is 1. The van der Waals surface area contributed by atoms with Gasteiger partial charge in [-0.15, -0.1) is 0 Å². The first-order valence-corrected chi connectivity index (χ1v) is 14.5. The molecule has 5 aromatic carbocycles. The summed E-state index contributed by atoms with van der Waals surface area (Å²) in [6.45, 7) is 0.890. The summed E-state index contributed by atoms with van der Waals surface area (Å²) in [7, 11) is 0. The molecule has 0 bridgehead atoms. The van der Waals surface area contributed by atoms with Gasteiger partial charge in [-0.1, -0.05) is 127 Å². The molecule has 0 radical (unpaired) electrons. The lowest BCUT2D eigenvalue weighted by atomic mass is 9.82. The SMILES string of the molecule is O=C(O)C1(c2cc(OCc3ccccc3)c(OCc3ccccc3)c(OCc3ccccc3)c2)OCC=C1c1ccccc1. The zero-order valence-corrected chi connectivity index (χ0v) is 24.1. The van der Waals surface area contributed by atoms with Gasteiger partial charge >= 0.3 is 5.97 Å². The lowest BCUT2D eigenvalue weighted by Crippen LogP contribution is -2.37. The highest BCUT2D eigenvalue weighted by Gasteiger charge is 2.49. The molecule has 0 aliphatic carbocycles. The monoisotopic (exact) mass is 584 g/mol.